The van der Waals surface area contributed by atoms with Gasteiger partial charge in [0.25, 0.3) is 0 Å². The number of hydrogen-bond donors (Lipinski definition) is 1. The molecule has 5 rings (SSSR count). The zero-order chi connectivity index (χ0) is 21.6. The van der Waals surface area contributed by atoms with Gasteiger partial charge in [-0.05, 0) is 55.9 Å². The van der Waals surface area contributed by atoms with E-state index in [0.717, 1.165) is 65.9 Å². The summed E-state index contributed by atoms with van der Waals surface area (Å²) in [4.78, 5) is 12.1. The van der Waals surface area contributed by atoms with Crippen molar-refractivity contribution in [3.05, 3.63) is 34.1 Å². The highest BCUT2D eigenvalue weighted by molar-refractivity contribution is 6.35. The molecule has 1 aliphatic carbocycles. The van der Waals surface area contributed by atoms with E-state index in [2.05, 4.69) is 17.9 Å². The first-order chi connectivity index (χ1) is 15.0. The summed E-state index contributed by atoms with van der Waals surface area (Å²) in [6, 6.07) is 4.09. The molecule has 0 bridgehead atoms. The fourth-order valence-electron chi connectivity index (χ4n) is 5.94. The molecular weight excluding hydrogens is 410 g/mol. The molecule has 1 N–H and O–H groups in total. The third kappa shape index (κ3) is 3.60. The quantitative estimate of drug-likeness (QED) is 0.697. The first kappa shape index (κ1) is 21.0. The summed E-state index contributed by atoms with van der Waals surface area (Å²) in [6.45, 7) is 6.93. The zero-order valence-electron chi connectivity index (χ0n) is 18.6. The number of halogens is 1. The molecule has 5 nitrogen and oxygen atoms in total. The normalized spacial score (nSPS) is 22.5. The first-order valence-electron chi connectivity index (χ1n) is 11.7. The number of ether oxygens (including phenoxy) is 1. The number of piperidine rings is 1. The van der Waals surface area contributed by atoms with Crippen molar-refractivity contribution in [1.82, 2.24) is 9.97 Å². The smallest absolute Gasteiger partial charge is 0.153 e. The van der Waals surface area contributed by atoms with Crippen LogP contribution in [0.3, 0.4) is 0 Å². The summed E-state index contributed by atoms with van der Waals surface area (Å²) in [5.41, 5.74) is 4.67. The van der Waals surface area contributed by atoms with Gasteiger partial charge < -0.3 is 14.7 Å². The summed E-state index contributed by atoms with van der Waals surface area (Å²) in [5.74, 6) is 2.42. The lowest BCUT2D eigenvalue weighted by molar-refractivity contribution is 0.161. The van der Waals surface area contributed by atoms with Gasteiger partial charge in [0.05, 0.1) is 29.6 Å². The maximum absolute atomic E-state index is 10.1. The molecule has 1 saturated heterocycles. The molecule has 1 aromatic heterocycles. The average Bonchev–Trinajstić information content (AvgIpc) is 3.14. The molecule has 0 unspecified atom stereocenters. The Labute approximate surface area is 189 Å². The minimum absolute atomic E-state index is 0.132. The molecule has 6 heteroatoms. The monoisotopic (exact) mass is 441 g/mol. The summed E-state index contributed by atoms with van der Waals surface area (Å²) in [7, 11) is 0. The van der Waals surface area contributed by atoms with E-state index in [4.69, 9.17) is 26.3 Å². The topological polar surface area (TPSA) is 58.5 Å². The highest BCUT2D eigenvalue weighted by atomic mass is 35.5. The molecule has 2 aromatic rings. The van der Waals surface area contributed by atoms with Crippen LogP contribution in [-0.4, -0.2) is 34.8 Å². The zero-order valence-corrected chi connectivity index (χ0v) is 19.3. The molecule has 1 saturated carbocycles. The molecule has 2 fully saturated rings. The Morgan fingerprint density at radius 1 is 1.19 bits per heavy atom. The number of aliphatic hydroxyl groups excluding tert-OH is 1. The molecule has 0 radical (unpaired) electrons. The lowest BCUT2D eigenvalue weighted by atomic mass is 9.71. The molecule has 31 heavy (non-hydrogen) atoms. The molecule has 3 aliphatic rings. The van der Waals surface area contributed by atoms with E-state index in [-0.39, 0.29) is 6.61 Å². The number of aliphatic hydroxyl groups is 1. The largest absolute Gasteiger partial charge is 0.492 e. The van der Waals surface area contributed by atoms with Crippen LogP contribution in [0, 0.1) is 18.3 Å². The minimum Gasteiger partial charge on any atom is -0.492 e. The van der Waals surface area contributed by atoms with Crippen molar-refractivity contribution in [2.75, 3.05) is 24.6 Å². The Balaban J connectivity index is 1.46. The molecule has 166 valence electrons. The lowest BCUT2D eigenvalue weighted by Gasteiger charge is -2.43. The standard InChI is InChI=1S/C25H32ClN3O2/c1-16-5-3-9-25(16)10-12-29(13-11-25)24-20(15-30)28-22(17(2)27-24)19-8-7-18-6-4-14-31-23(18)21(19)26/h7-8,16,30H,3-6,9-15H2,1-2H3/t16-/m1/s1. The van der Waals surface area contributed by atoms with Gasteiger partial charge in [-0.2, -0.15) is 0 Å². The Bertz CT molecular complexity index is 985. The molecular formula is C25H32ClN3O2. The second-order valence-corrected chi connectivity index (χ2v) is 9.97. The van der Waals surface area contributed by atoms with E-state index < -0.39 is 0 Å². The number of aryl methyl sites for hydroxylation is 2. The average molecular weight is 442 g/mol. The van der Waals surface area contributed by atoms with E-state index in [1.54, 1.807) is 0 Å². The van der Waals surface area contributed by atoms with Gasteiger partial charge in [-0.15, -0.1) is 0 Å². The second-order valence-electron chi connectivity index (χ2n) is 9.60. The molecule has 1 aromatic carbocycles. The van der Waals surface area contributed by atoms with E-state index in [9.17, 15) is 5.11 Å². The van der Waals surface area contributed by atoms with Gasteiger partial charge in [0.1, 0.15) is 11.4 Å². The number of fused-ring (bicyclic) bond motifs is 1. The van der Waals surface area contributed by atoms with Gasteiger partial charge in [-0.1, -0.05) is 43.5 Å². The van der Waals surface area contributed by atoms with Crippen LogP contribution in [-0.2, 0) is 13.0 Å². The number of nitrogens with zero attached hydrogens (tertiary/aromatic N) is 3. The van der Waals surface area contributed by atoms with Crippen molar-refractivity contribution in [2.24, 2.45) is 11.3 Å². The third-order valence-electron chi connectivity index (χ3n) is 7.96. The van der Waals surface area contributed by atoms with Crippen molar-refractivity contribution in [3.8, 4) is 17.0 Å². The van der Waals surface area contributed by atoms with Crippen LogP contribution < -0.4 is 9.64 Å². The minimum atomic E-state index is -0.132. The van der Waals surface area contributed by atoms with Crippen LogP contribution in [0.4, 0.5) is 5.82 Å². The van der Waals surface area contributed by atoms with Gasteiger partial charge in [0.2, 0.25) is 0 Å². The van der Waals surface area contributed by atoms with E-state index in [1.165, 1.54) is 32.1 Å². The SMILES string of the molecule is Cc1nc(N2CCC3(CCC[C@H]3C)CC2)c(CO)nc1-c1ccc2c(c1Cl)OCCC2. The predicted molar refractivity (Wildman–Crippen MR) is 124 cm³/mol. The number of anilines is 1. The van der Waals surface area contributed by atoms with Crippen LogP contribution >= 0.6 is 11.6 Å². The molecule has 3 heterocycles. The number of aromatic nitrogens is 2. The van der Waals surface area contributed by atoms with Crippen molar-refractivity contribution in [2.45, 2.75) is 65.4 Å². The van der Waals surface area contributed by atoms with E-state index in [0.29, 0.717) is 22.7 Å². The van der Waals surface area contributed by atoms with Crippen LogP contribution in [0.15, 0.2) is 12.1 Å². The maximum Gasteiger partial charge on any atom is 0.153 e. The molecule has 2 aliphatic heterocycles. The van der Waals surface area contributed by atoms with Gasteiger partial charge in [0.15, 0.2) is 5.82 Å². The Morgan fingerprint density at radius 3 is 2.71 bits per heavy atom. The second kappa shape index (κ2) is 8.25. The highest BCUT2D eigenvalue weighted by Crippen LogP contribution is 2.50. The fourth-order valence-corrected chi connectivity index (χ4v) is 6.27. The summed E-state index contributed by atoms with van der Waals surface area (Å²) in [5, 5.41) is 10.7. The molecule has 0 amide bonds. The van der Waals surface area contributed by atoms with Gasteiger partial charge in [-0.3, -0.25) is 0 Å². The van der Waals surface area contributed by atoms with Crippen LogP contribution in [0.2, 0.25) is 5.02 Å². The van der Waals surface area contributed by atoms with Crippen LogP contribution in [0.1, 0.15) is 62.4 Å². The fraction of sp³-hybridized carbons (Fsp3) is 0.600. The predicted octanol–water partition coefficient (Wildman–Crippen LogP) is 5.33. The van der Waals surface area contributed by atoms with Crippen LogP contribution in [0.25, 0.3) is 11.3 Å². The van der Waals surface area contributed by atoms with Gasteiger partial charge in [-0.25, -0.2) is 9.97 Å². The van der Waals surface area contributed by atoms with Gasteiger partial charge >= 0.3 is 0 Å². The summed E-state index contributed by atoms with van der Waals surface area (Å²) >= 11 is 6.73. The van der Waals surface area contributed by atoms with Crippen molar-refractivity contribution in [1.29, 1.82) is 0 Å². The number of rotatable bonds is 3. The lowest BCUT2D eigenvalue weighted by Crippen LogP contribution is -2.42. The van der Waals surface area contributed by atoms with Gasteiger partial charge in [0, 0.05) is 18.7 Å². The van der Waals surface area contributed by atoms with E-state index in [1.807, 2.05) is 13.0 Å². The highest BCUT2D eigenvalue weighted by Gasteiger charge is 2.42. The van der Waals surface area contributed by atoms with Crippen molar-refractivity contribution < 1.29 is 9.84 Å². The first-order valence-corrected chi connectivity index (χ1v) is 12.1. The third-order valence-corrected chi connectivity index (χ3v) is 8.33. The number of benzene rings is 1. The maximum atomic E-state index is 10.1. The van der Waals surface area contributed by atoms with E-state index >= 15 is 0 Å². The Kier molecular flexibility index (Phi) is 5.59. The Hall–Kier alpha value is -1.85. The Morgan fingerprint density at radius 2 is 2.00 bits per heavy atom. The molecule has 1 atom stereocenters. The summed E-state index contributed by atoms with van der Waals surface area (Å²) in [6.07, 6.45) is 8.49. The van der Waals surface area contributed by atoms with Crippen molar-refractivity contribution in [3.63, 3.8) is 0 Å². The van der Waals surface area contributed by atoms with Crippen molar-refractivity contribution >= 4 is 17.4 Å². The van der Waals surface area contributed by atoms with Crippen LogP contribution in [0.5, 0.6) is 5.75 Å². The summed E-state index contributed by atoms with van der Waals surface area (Å²) < 4.78 is 5.85. The number of hydrogen-bond acceptors (Lipinski definition) is 5. The molecule has 1 spiro atoms.